The molecule has 1 fully saturated rings. The van der Waals surface area contributed by atoms with E-state index >= 15 is 0 Å². The number of rotatable bonds is 4. The minimum atomic E-state index is -0.158. The van der Waals surface area contributed by atoms with Gasteiger partial charge in [0, 0.05) is 42.9 Å². The second-order valence-electron chi connectivity index (χ2n) is 4.25. The van der Waals surface area contributed by atoms with E-state index in [-0.39, 0.29) is 10.4 Å². The molecule has 1 saturated heterocycles. The molecule has 0 radical (unpaired) electrons. The summed E-state index contributed by atoms with van der Waals surface area (Å²) in [7, 11) is 0. The van der Waals surface area contributed by atoms with E-state index in [1.807, 2.05) is 5.38 Å². The smallest absolute Gasteiger partial charge is 0.304 e. The molecule has 0 saturated carbocycles. The Morgan fingerprint density at radius 2 is 2.31 bits per heavy atom. The minimum absolute atomic E-state index is 0.00896. The maximum atomic E-state index is 10.9. The molecule has 0 bridgehead atoms. The fourth-order valence-electron chi connectivity index (χ4n) is 1.80. The first kappa shape index (κ1) is 11.8. The second-order valence-corrected chi connectivity index (χ2v) is 5.09. The van der Waals surface area contributed by atoms with Gasteiger partial charge >= 0.3 is 4.87 Å². The molecule has 0 aromatic carbocycles. The van der Waals surface area contributed by atoms with E-state index in [1.54, 1.807) is 0 Å². The number of nitrogens with one attached hydrogen (secondary N) is 2. The van der Waals surface area contributed by atoms with Gasteiger partial charge in [-0.3, -0.25) is 4.79 Å². The monoisotopic (exact) mass is 243 g/mol. The number of aromatic amines is 1. The molecule has 90 valence electrons. The maximum Gasteiger partial charge on any atom is 0.304 e. The number of aromatic nitrogens is 1. The Bertz CT molecular complexity index is 381. The van der Waals surface area contributed by atoms with E-state index in [1.165, 1.54) is 11.3 Å². The van der Waals surface area contributed by atoms with Crippen LogP contribution >= 0.6 is 11.3 Å². The summed E-state index contributed by atoms with van der Waals surface area (Å²) in [5.41, 5.74) is 6.98. The van der Waals surface area contributed by atoms with Crippen molar-refractivity contribution >= 4 is 11.3 Å². The molecular weight excluding hydrogens is 226 g/mol. The van der Waals surface area contributed by atoms with Crippen LogP contribution < -0.4 is 15.9 Å². The summed E-state index contributed by atoms with van der Waals surface area (Å²) in [6.45, 7) is 2.91. The maximum absolute atomic E-state index is 10.9. The van der Waals surface area contributed by atoms with Gasteiger partial charge in [0.1, 0.15) is 0 Å². The quantitative estimate of drug-likeness (QED) is 0.697. The summed E-state index contributed by atoms with van der Waals surface area (Å²) >= 11 is 1.19. The highest BCUT2D eigenvalue weighted by atomic mass is 32.1. The van der Waals surface area contributed by atoms with Gasteiger partial charge in [-0.2, -0.15) is 0 Å². The summed E-state index contributed by atoms with van der Waals surface area (Å²) in [6.07, 6.45) is 1.78. The van der Waals surface area contributed by atoms with E-state index in [2.05, 4.69) is 10.3 Å². The lowest BCUT2D eigenvalue weighted by Crippen LogP contribution is -2.52. The van der Waals surface area contributed by atoms with Crippen LogP contribution in [0.25, 0.3) is 0 Å². The first-order valence-electron chi connectivity index (χ1n) is 5.42. The van der Waals surface area contributed by atoms with Crippen molar-refractivity contribution in [1.82, 2.24) is 10.3 Å². The number of hydrogen-bond donors (Lipinski definition) is 3. The Hall–Kier alpha value is -0.690. The predicted molar refractivity (Wildman–Crippen MR) is 63.6 cm³/mol. The zero-order chi connectivity index (χ0) is 11.4. The van der Waals surface area contributed by atoms with Crippen molar-refractivity contribution in [2.24, 2.45) is 5.73 Å². The van der Waals surface area contributed by atoms with Crippen LogP contribution in [0.5, 0.6) is 0 Å². The first-order valence-corrected chi connectivity index (χ1v) is 6.30. The SMILES string of the molecule is NC1(CNCc2csc(=O)[nH]2)CCOCC1. The molecular formula is C10H17N3O2S. The normalized spacial score (nSPS) is 19.8. The average Bonchev–Trinajstić information content (AvgIpc) is 2.65. The number of nitrogens with two attached hydrogens (primary N) is 1. The summed E-state index contributed by atoms with van der Waals surface area (Å²) < 4.78 is 5.28. The van der Waals surface area contributed by atoms with Crippen molar-refractivity contribution in [3.63, 3.8) is 0 Å². The van der Waals surface area contributed by atoms with Crippen LogP contribution in [0.15, 0.2) is 10.2 Å². The highest BCUT2D eigenvalue weighted by Gasteiger charge is 2.27. The molecule has 6 heteroatoms. The van der Waals surface area contributed by atoms with Crippen LogP contribution in [0.4, 0.5) is 0 Å². The third-order valence-corrected chi connectivity index (χ3v) is 3.57. The van der Waals surface area contributed by atoms with Gasteiger partial charge in [0.2, 0.25) is 0 Å². The molecule has 2 heterocycles. The molecule has 0 aliphatic carbocycles. The standard InChI is InChI=1S/C10H17N3O2S/c11-10(1-3-15-4-2-10)7-12-5-8-6-16-9(14)13-8/h6,12H,1-5,7,11H2,(H,13,14). The third kappa shape index (κ3) is 3.15. The molecule has 16 heavy (non-hydrogen) atoms. The van der Waals surface area contributed by atoms with Gasteiger partial charge < -0.3 is 20.8 Å². The first-order chi connectivity index (χ1) is 7.68. The lowest BCUT2D eigenvalue weighted by atomic mass is 9.91. The molecule has 0 spiro atoms. The van der Waals surface area contributed by atoms with E-state index in [9.17, 15) is 4.79 Å². The van der Waals surface area contributed by atoms with Gasteiger partial charge in [0.05, 0.1) is 0 Å². The molecule has 1 aliphatic rings. The van der Waals surface area contributed by atoms with E-state index in [0.29, 0.717) is 6.54 Å². The van der Waals surface area contributed by atoms with Gasteiger partial charge in [-0.1, -0.05) is 11.3 Å². The van der Waals surface area contributed by atoms with Crippen molar-refractivity contribution in [3.05, 3.63) is 20.7 Å². The summed E-state index contributed by atoms with van der Waals surface area (Å²) in [4.78, 5) is 13.7. The van der Waals surface area contributed by atoms with Crippen LogP contribution in [-0.4, -0.2) is 30.3 Å². The number of thiazole rings is 1. The molecule has 1 aromatic rings. The van der Waals surface area contributed by atoms with Crippen molar-refractivity contribution in [2.75, 3.05) is 19.8 Å². The Labute approximate surface area is 98.0 Å². The van der Waals surface area contributed by atoms with E-state index in [0.717, 1.165) is 38.3 Å². The fraction of sp³-hybridized carbons (Fsp3) is 0.700. The topological polar surface area (TPSA) is 80.1 Å². The molecule has 2 rings (SSSR count). The Balaban J connectivity index is 1.76. The van der Waals surface area contributed by atoms with Crippen LogP contribution in [-0.2, 0) is 11.3 Å². The highest BCUT2D eigenvalue weighted by Crippen LogP contribution is 2.16. The highest BCUT2D eigenvalue weighted by molar-refractivity contribution is 7.07. The lowest BCUT2D eigenvalue weighted by Gasteiger charge is -2.33. The van der Waals surface area contributed by atoms with Gasteiger partial charge in [-0.05, 0) is 12.8 Å². The largest absolute Gasteiger partial charge is 0.381 e. The Morgan fingerprint density at radius 1 is 1.56 bits per heavy atom. The van der Waals surface area contributed by atoms with Crippen LogP contribution in [0.2, 0.25) is 0 Å². The second kappa shape index (κ2) is 5.09. The van der Waals surface area contributed by atoms with Crippen molar-refractivity contribution in [3.8, 4) is 0 Å². The van der Waals surface area contributed by atoms with Gasteiger partial charge in [0.25, 0.3) is 0 Å². The van der Waals surface area contributed by atoms with E-state index < -0.39 is 0 Å². The van der Waals surface area contributed by atoms with Crippen molar-refractivity contribution in [1.29, 1.82) is 0 Å². The zero-order valence-electron chi connectivity index (χ0n) is 9.12. The Morgan fingerprint density at radius 3 is 2.94 bits per heavy atom. The number of ether oxygens (including phenoxy) is 1. The molecule has 1 aliphatic heterocycles. The summed E-state index contributed by atoms with van der Waals surface area (Å²) in [6, 6.07) is 0. The van der Waals surface area contributed by atoms with Crippen LogP contribution in [0.3, 0.4) is 0 Å². The Kier molecular flexibility index (Phi) is 3.75. The minimum Gasteiger partial charge on any atom is -0.381 e. The molecule has 4 N–H and O–H groups in total. The van der Waals surface area contributed by atoms with Crippen LogP contribution in [0.1, 0.15) is 18.5 Å². The van der Waals surface area contributed by atoms with E-state index in [4.69, 9.17) is 10.5 Å². The van der Waals surface area contributed by atoms with Gasteiger partial charge in [-0.15, -0.1) is 0 Å². The van der Waals surface area contributed by atoms with Crippen LogP contribution in [0, 0.1) is 0 Å². The molecule has 0 unspecified atom stereocenters. The number of H-pyrrole nitrogens is 1. The fourth-order valence-corrected chi connectivity index (χ4v) is 2.38. The van der Waals surface area contributed by atoms with Crippen molar-refractivity contribution in [2.45, 2.75) is 24.9 Å². The average molecular weight is 243 g/mol. The lowest BCUT2D eigenvalue weighted by molar-refractivity contribution is 0.0530. The third-order valence-electron chi connectivity index (χ3n) is 2.85. The van der Waals surface area contributed by atoms with Gasteiger partial charge in [0.15, 0.2) is 0 Å². The molecule has 0 atom stereocenters. The molecule has 1 aromatic heterocycles. The summed E-state index contributed by atoms with van der Waals surface area (Å²) in [5.74, 6) is 0. The molecule has 0 amide bonds. The zero-order valence-corrected chi connectivity index (χ0v) is 9.94. The van der Waals surface area contributed by atoms with Crippen molar-refractivity contribution < 1.29 is 4.74 Å². The predicted octanol–water partition coefficient (Wildman–Crippen LogP) is 0.0339. The molecule has 5 nitrogen and oxygen atoms in total. The number of hydrogen-bond acceptors (Lipinski definition) is 5. The summed E-state index contributed by atoms with van der Waals surface area (Å²) in [5, 5.41) is 5.12. The van der Waals surface area contributed by atoms with Gasteiger partial charge in [-0.25, -0.2) is 0 Å².